The Balaban J connectivity index is 0.000000213. The Hall–Kier alpha value is -2.06. The molecule has 2 aromatic rings. The van der Waals surface area contributed by atoms with Crippen molar-refractivity contribution in [2.24, 2.45) is 23.7 Å². The summed E-state index contributed by atoms with van der Waals surface area (Å²) in [4.78, 5) is 56.1. The number of amides is 2. The molecule has 62 heavy (non-hydrogen) atoms. The van der Waals surface area contributed by atoms with Crippen LogP contribution in [0.15, 0.2) is 22.0 Å². The van der Waals surface area contributed by atoms with Crippen molar-refractivity contribution in [1.29, 1.82) is 0 Å². The number of aliphatic hydroxyl groups excluding tert-OH is 2. The van der Waals surface area contributed by atoms with Crippen molar-refractivity contribution < 1.29 is 67.9 Å². The van der Waals surface area contributed by atoms with Gasteiger partial charge in [-0.3, -0.25) is 9.59 Å². The molecule has 2 amide bonds. The fraction of sp³-hybridized carbons (Fsp3) is 0.696. The monoisotopic (exact) mass is 952 g/mol. The van der Waals surface area contributed by atoms with Gasteiger partial charge >= 0.3 is 24.8 Å². The summed E-state index contributed by atoms with van der Waals surface area (Å²) < 4.78 is 12.3. The Morgan fingerprint density at radius 3 is 1.60 bits per heavy atom. The number of aromatic carboxylic acids is 2. The second-order valence-electron chi connectivity index (χ2n) is 18.5. The van der Waals surface area contributed by atoms with E-state index >= 15 is 0 Å². The number of anilines is 2. The molecule has 336 valence electrons. The number of ether oxygens (including phenoxy) is 2. The minimum absolute atomic E-state index is 0. The Morgan fingerprint density at radius 2 is 1.18 bits per heavy atom. The van der Waals surface area contributed by atoms with Gasteiger partial charge in [0.25, 0.3) is 0 Å². The summed E-state index contributed by atoms with van der Waals surface area (Å²) in [7, 11) is 0. The van der Waals surface area contributed by atoms with Crippen LogP contribution in [0.2, 0.25) is 0 Å². The number of carboxylic acids is 2. The predicted octanol–water partition coefficient (Wildman–Crippen LogP) is 5.56. The van der Waals surface area contributed by atoms with Crippen LogP contribution in [0.25, 0.3) is 5.57 Å². The molecule has 16 heteroatoms. The first kappa shape index (κ1) is 49.4. The van der Waals surface area contributed by atoms with Crippen molar-refractivity contribution in [3.8, 4) is 0 Å². The first-order valence-corrected chi connectivity index (χ1v) is 25.0. The minimum Gasteiger partial charge on any atom is -0.544 e. The van der Waals surface area contributed by atoms with Crippen molar-refractivity contribution in [2.45, 2.75) is 166 Å². The molecule has 6 aliphatic rings. The Morgan fingerprint density at radius 1 is 0.710 bits per heavy atom. The second-order valence-corrected chi connectivity index (χ2v) is 22.0. The van der Waals surface area contributed by atoms with Crippen LogP contribution in [-0.4, -0.2) is 82.4 Å². The average Bonchev–Trinajstić information content (AvgIpc) is 4.00. The molecule has 1 saturated heterocycles. The maximum Gasteiger partial charge on any atom is 1.00 e. The number of nitrogens with zero attached hydrogens (tertiary/aromatic N) is 2. The molecule has 12 nitrogen and oxygen atoms in total. The first-order chi connectivity index (χ1) is 29.2. The van der Waals surface area contributed by atoms with Crippen LogP contribution in [0.1, 0.15) is 160 Å². The van der Waals surface area contributed by atoms with Crippen molar-refractivity contribution in [3.63, 3.8) is 0 Å². The summed E-state index contributed by atoms with van der Waals surface area (Å²) >= 11 is 5.72. The van der Waals surface area contributed by atoms with Gasteiger partial charge in [0.05, 0.1) is 51.4 Å². The molecule has 5 aliphatic carbocycles. The minimum atomic E-state index is -1.25. The molecule has 3 heterocycles. The predicted molar refractivity (Wildman–Crippen MR) is 238 cm³/mol. The molecule has 0 unspecified atom stereocenters. The van der Waals surface area contributed by atoms with Crippen LogP contribution in [0.3, 0.4) is 0 Å². The van der Waals surface area contributed by atoms with Crippen LogP contribution in [0.5, 0.6) is 0 Å². The third kappa shape index (κ3) is 11.7. The van der Waals surface area contributed by atoms with E-state index in [2.05, 4.69) is 35.9 Å². The molecule has 0 aromatic carbocycles. The number of hydrogen-bond acceptors (Lipinski definition) is 11. The van der Waals surface area contributed by atoms with Crippen molar-refractivity contribution in [3.05, 3.63) is 36.6 Å². The number of carbonyl (C=O) groups excluding carboxylic acids is 3. The van der Waals surface area contributed by atoms with Gasteiger partial charge in [-0.15, -0.1) is 22.7 Å². The third-order valence-corrected chi connectivity index (χ3v) is 16.9. The van der Waals surface area contributed by atoms with Crippen molar-refractivity contribution >= 4 is 79.3 Å². The van der Waals surface area contributed by atoms with Crippen molar-refractivity contribution in [1.82, 2.24) is 0 Å². The van der Waals surface area contributed by atoms with E-state index in [1.807, 2.05) is 11.0 Å². The van der Waals surface area contributed by atoms with Gasteiger partial charge in [-0.2, -0.15) is 0 Å². The van der Waals surface area contributed by atoms with Gasteiger partial charge in [0, 0.05) is 41.6 Å². The summed E-state index contributed by atoms with van der Waals surface area (Å²) in [5, 5.41) is 41.7. The van der Waals surface area contributed by atoms with E-state index in [-0.39, 0.29) is 76.6 Å². The van der Waals surface area contributed by atoms with E-state index in [0.29, 0.717) is 98.0 Å². The van der Waals surface area contributed by atoms with E-state index < -0.39 is 17.7 Å². The number of thiophene rings is 2. The first-order valence-electron chi connectivity index (χ1n) is 22.6. The Kier molecular flexibility index (Phi) is 17.5. The Labute approximate surface area is 394 Å². The van der Waals surface area contributed by atoms with Gasteiger partial charge in [-0.1, -0.05) is 19.9 Å². The average molecular weight is 954 g/mol. The molecule has 3 N–H and O–H groups in total. The SMILES string of the molecule is CC1CCC(C(=O)N(c2cc(Br)sc2C(=O)[O-])C2CCC(O)CC2)CC1.CC1CCC(C(=O)N(c2cc(C3=CCC4(CC3)OCCO4)sc2C(=O)O)C2CCC(O)CC2)CC1.[Li+]. The van der Waals surface area contributed by atoms with Crippen LogP contribution in [0.4, 0.5) is 11.4 Å². The van der Waals surface area contributed by atoms with Gasteiger partial charge in [0.2, 0.25) is 11.8 Å². The number of allylic oxidation sites excluding steroid dienone is 1. The van der Waals surface area contributed by atoms with Gasteiger partial charge < -0.3 is 44.5 Å². The van der Waals surface area contributed by atoms with Gasteiger partial charge in [-0.25, -0.2) is 4.79 Å². The number of carbonyl (C=O) groups is 4. The number of carboxylic acid groups (broad SMARTS) is 2. The summed E-state index contributed by atoms with van der Waals surface area (Å²) in [6.45, 7) is 5.68. The number of halogens is 1. The topological polar surface area (TPSA) is 177 Å². The molecule has 1 spiro atoms. The molecule has 0 radical (unpaired) electrons. The van der Waals surface area contributed by atoms with Crippen LogP contribution in [0, 0.1) is 23.7 Å². The largest absolute Gasteiger partial charge is 1.00 e. The smallest absolute Gasteiger partial charge is 0.544 e. The summed E-state index contributed by atoms with van der Waals surface area (Å²) in [6, 6.07) is 3.52. The van der Waals surface area contributed by atoms with Gasteiger partial charge in [0.1, 0.15) is 4.88 Å². The third-order valence-electron chi connectivity index (χ3n) is 14.1. The molecular weight excluding hydrogens is 891 g/mol. The van der Waals surface area contributed by atoms with E-state index in [9.17, 15) is 39.6 Å². The zero-order valence-electron chi connectivity index (χ0n) is 36.5. The van der Waals surface area contributed by atoms with Crippen LogP contribution < -0.4 is 33.8 Å². The zero-order valence-corrected chi connectivity index (χ0v) is 39.7. The van der Waals surface area contributed by atoms with Crippen LogP contribution >= 0.6 is 38.6 Å². The van der Waals surface area contributed by atoms with E-state index in [4.69, 9.17) is 9.47 Å². The maximum absolute atomic E-state index is 13.9. The molecule has 8 rings (SSSR count). The van der Waals surface area contributed by atoms with E-state index in [0.717, 1.165) is 86.0 Å². The second kappa shape index (κ2) is 21.9. The van der Waals surface area contributed by atoms with Crippen molar-refractivity contribution in [2.75, 3.05) is 23.0 Å². The summed E-state index contributed by atoms with van der Waals surface area (Å²) in [5.41, 5.74) is 2.09. The molecule has 1 aliphatic heterocycles. The number of aliphatic hydroxyl groups is 2. The van der Waals surface area contributed by atoms with E-state index in [1.54, 1.807) is 11.0 Å². The quantitative estimate of drug-likeness (QED) is 0.270. The Bertz CT molecular complexity index is 1900. The number of hydrogen-bond donors (Lipinski definition) is 3. The van der Waals surface area contributed by atoms with Gasteiger partial charge in [-0.05, 0) is 155 Å². The number of rotatable bonds is 9. The van der Waals surface area contributed by atoms with E-state index in [1.165, 1.54) is 11.3 Å². The maximum atomic E-state index is 13.9. The fourth-order valence-electron chi connectivity index (χ4n) is 10.4. The normalized spacial score (nSPS) is 29.7. The van der Waals surface area contributed by atoms with Crippen LogP contribution in [-0.2, 0) is 19.1 Å². The summed E-state index contributed by atoms with van der Waals surface area (Å²) in [5.74, 6) is -1.50. The standard InChI is InChI=1S/C27H37NO6S.C19H26BrNO4S.Li/c1-17-2-4-19(5-3-17)25(30)28(20-6-8-21(29)9-7-20)22-16-23(35-24(22)26(31)32)18-10-12-27(13-11-18)33-14-15-34-27;1-11-2-4-12(5-3-11)18(23)21(13-6-8-14(22)9-7-13)15-10-16(20)26-17(15)19(24)25;/h10,16-17,19-21,29H,2-9,11-15H2,1H3,(H,31,32);10-14,22H,2-9H2,1H3,(H,24,25);/q;;+1/p-1. The fourth-order valence-corrected chi connectivity index (χ4v) is 12.8. The summed E-state index contributed by atoms with van der Waals surface area (Å²) in [6.07, 6.45) is 16.5. The molecule has 0 atom stereocenters. The molecule has 2 aromatic heterocycles. The molecule has 5 fully saturated rings. The molecule has 0 bridgehead atoms. The molecular formula is C46H62BrLiN2O10S2. The molecule has 4 saturated carbocycles. The van der Waals surface area contributed by atoms with Gasteiger partial charge in [0.15, 0.2) is 5.79 Å². The zero-order chi connectivity index (χ0) is 43.4.